The summed E-state index contributed by atoms with van der Waals surface area (Å²) >= 11 is 0. The monoisotopic (exact) mass is 182 g/mol. The van der Waals surface area contributed by atoms with E-state index in [-0.39, 0.29) is 6.10 Å². The Bertz CT molecular complexity index is 137. The third kappa shape index (κ3) is 7.40. The lowest BCUT2D eigenvalue weighted by atomic mass is 10.5. The van der Waals surface area contributed by atoms with Crippen molar-refractivity contribution < 1.29 is 23.0 Å². The first kappa shape index (κ1) is 11.3. The second kappa shape index (κ2) is 5.88. The van der Waals surface area contributed by atoms with Crippen molar-refractivity contribution in [2.45, 2.75) is 26.4 Å². The molecule has 0 saturated carbocycles. The molecule has 0 amide bonds. The zero-order valence-electron chi connectivity index (χ0n) is 7.05. The van der Waals surface area contributed by atoms with Crippen molar-refractivity contribution in [1.82, 2.24) is 0 Å². The van der Waals surface area contributed by atoms with Crippen LogP contribution >= 0.6 is 0 Å². The van der Waals surface area contributed by atoms with Gasteiger partial charge in [0.1, 0.15) is 13.2 Å². The van der Waals surface area contributed by atoms with E-state index in [2.05, 4.69) is 9.47 Å². The average molecular weight is 182 g/mol. The van der Waals surface area contributed by atoms with Gasteiger partial charge in [-0.25, -0.2) is 13.6 Å². The molecule has 0 saturated heterocycles. The van der Waals surface area contributed by atoms with E-state index in [4.69, 9.17) is 0 Å². The van der Waals surface area contributed by atoms with Crippen LogP contribution in [0.5, 0.6) is 0 Å². The molecule has 0 N–H and O–H groups in total. The zero-order valence-corrected chi connectivity index (χ0v) is 7.05. The molecular weight excluding hydrogens is 170 g/mol. The molecule has 0 aliphatic carbocycles. The molecule has 3 nitrogen and oxygen atoms in total. The molecule has 0 atom stereocenters. The van der Waals surface area contributed by atoms with Crippen molar-refractivity contribution in [3.63, 3.8) is 0 Å². The average Bonchev–Trinajstić information content (AvgIpc) is 1.84. The van der Waals surface area contributed by atoms with Crippen molar-refractivity contribution in [3.05, 3.63) is 0 Å². The molecule has 72 valence electrons. The number of esters is 1. The highest BCUT2D eigenvalue weighted by Crippen LogP contribution is 1.94. The van der Waals surface area contributed by atoms with Crippen molar-refractivity contribution >= 4 is 5.97 Å². The van der Waals surface area contributed by atoms with E-state index >= 15 is 0 Å². The normalized spacial score (nSPS) is 10.8. The van der Waals surface area contributed by atoms with Gasteiger partial charge in [0.2, 0.25) is 0 Å². The summed E-state index contributed by atoms with van der Waals surface area (Å²) in [6, 6.07) is 0. The van der Waals surface area contributed by atoms with E-state index in [0.717, 1.165) is 0 Å². The fourth-order valence-corrected chi connectivity index (χ4v) is 0.528. The Balaban J connectivity index is 3.32. The summed E-state index contributed by atoms with van der Waals surface area (Å²) in [6.45, 7) is 2.20. The van der Waals surface area contributed by atoms with E-state index in [9.17, 15) is 13.6 Å². The van der Waals surface area contributed by atoms with Crippen LogP contribution in [0.25, 0.3) is 0 Å². The van der Waals surface area contributed by atoms with Gasteiger partial charge in [-0.1, -0.05) is 0 Å². The summed E-state index contributed by atoms with van der Waals surface area (Å²) in [6.07, 6.45) is -2.79. The third-order valence-corrected chi connectivity index (χ3v) is 0.831. The quantitative estimate of drug-likeness (QED) is 0.599. The number of rotatable bonds is 5. The second-order valence-corrected chi connectivity index (χ2v) is 2.44. The maximum absolute atomic E-state index is 11.5. The van der Waals surface area contributed by atoms with Gasteiger partial charge in [-0.3, -0.25) is 0 Å². The molecule has 0 aromatic heterocycles. The topological polar surface area (TPSA) is 35.5 Å². The Morgan fingerprint density at radius 1 is 1.42 bits per heavy atom. The first-order chi connectivity index (χ1) is 5.52. The van der Waals surface area contributed by atoms with E-state index in [0.29, 0.717) is 0 Å². The Morgan fingerprint density at radius 2 is 2.00 bits per heavy atom. The summed E-state index contributed by atoms with van der Waals surface area (Å²) in [5.41, 5.74) is 0. The molecule has 0 bridgehead atoms. The SMILES string of the molecule is CC(C)OC(=O)COCC(F)F. The molecule has 0 aromatic carbocycles. The molecule has 0 aliphatic rings. The molecule has 5 heteroatoms. The Hall–Kier alpha value is -0.710. The minimum Gasteiger partial charge on any atom is -0.461 e. The third-order valence-electron chi connectivity index (χ3n) is 0.831. The molecule has 12 heavy (non-hydrogen) atoms. The van der Waals surface area contributed by atoms with Crippen molar-refractivity contribution in [2.75, 3.05) is 13.2 Å². The van der Waals surface area contributed by atoms with E-state index in [1.807, 2.05) is 0 Å². The van der Waals surface area contributed by atoms with Gasteiger partial charge >= 0.3 is 5.97 Å². The van der Waals surface area contributed by atoms with Gasteiger partial charge in [0.25, 0.3) is 6.43 Å². The number of hydrogen-bond donors (Lipinski definition) is 0. The lowest BCUT2D eigenvalue weighted by Gasteiger charge is -2.07. The summed E-state index contributed by atoms with van der Waals surface area (Å²) in [4.78, 5) is 10.6. The van der Waals surface area contributed by atoms with Gasteiger partial charge in [-0.05, 0) is 13.8 Å². The number of alkyl halides is 2. The van der Waals surface area contributed by atoms with Crippen molar-refractivity contribution in [3.8, 4) is 0 Å². The van der Waals surface area contributed by atoms with Gasteiger partial charge in [-0.15, -0.1) is 0 Å². The highest BCUT2D eigenvalue weighted by molar-refractivity contribution is 5.70. The number of hydrogen-bond acceptors (Lipinski definition) is 3. The lowest BCUT2D eigenvalue weighted by molar-refractivity contribution is -0.154. The molecule has 0 rings (SSSR count). The highest BCUT2D eigenvalue weighted by atomic mass is 19.3. The van der Waals surface area contributed by atoms with Gasteiger partial charge in [0.15, 0.2) is 0 Å². The van der Waals surface area contributed by atoms with Crippen LogP contribution in [-0.4, -0.2) is 31.7 Å². The predicted molar refractivity (Wildman–Crippen MR) is 38.1 cm³/mol. The summed E-state index contributed by atoms with van der Waals surface area (Å²) in [5, 5.41) is 0. The standard InChI is InChI=1S/C7H12F2O3/c1-5(2)12-7(10)4-11-3-6(8)9/h5-6H,3-4H2,1-2H3. The van der Waals surface area contributed by atoms with E-state index in [1.54, 1.807) is 13.8 Å². The molecule has 0 fully saturated rings. The fraction of sp³-hybridized carbons (Fsp3) is 0.857. The maximum atomic E-state index is 11.5. The first-order valence-electron chi connectivity index (χ1n) is 3.57. The highest BCUT2D eigenvalue weighted by Gasteiger charge is 2.07. The number of carbonyl (C=O) groups is 1. The van der Waals surface area contributed by atoms with Crippen LogP contribution in [0.3, 0.4) is 0 Å². The number of ether oxygens (including phenoxy) is 2. The van der Waals surface area contributed by atoms with Crippen LogP contribution in [0, 0.1) is 0 Å². The lowest BCUT2D eigenvalue weighted by Crippen LogP contribution is -2.18. The molecular formula is C7H12F2O3. The zero-order chi connectivity index (χ0) is 9.56. The largest absolute Gasteiger partial charge is 0.461 e. The van der Waals surface area contributed by atoms with Crippen molar-refractivity contribution in [2.24, 2.45) is 0 Å². The molecule has 0 radical (unpaired) electrons. The van der Waals surface area contributed by atoms with Crippen LogP contribution < -0.4 is 0 Å². The molecule has 0 spiro atoms. The van der Waals surface area contributed by atoms with Crippen LogP contribution in [0.4, 0.5) is 8.78 Å². The molecule has 0 unspecified atom stereocenters. The minimum absolute atomic E-state index is 0.243. The minimum atomic E-state index is -2.54. The van der Waals surface area contributed by atoms with Crippen LogP contribution in [-0.2, 0) is 14.3 Å². The summed E-state index contributed by atoms with van der Waals surface area (Å²) in [5.74, 6) is -0.620. The predicted octanol–water partition coefficient (Wildman–Crippen LogP) is 1.22. The smallest absolute Gasteiger partial charge is 0.332 e. The molecule has 0 aromatic rings. The first-order valence-corrected chi connectivity index (χ1v) is 3.57. The number of carbonyl (C=O) groups excluding carboxylic acids is 1. The maximum Gasteiger partial charge on any atom is 0.332 e. The van der Waals surface area contributed by atoms with Gasteiger partial charge in [0.05, 0.1) is 6.10 Å². The Labute approximate surface area is 69.6 Å². The van der Waals surface area contributed by atoms with Crippen LogP contribution in [0.1, 0.15) is 13.8 Å². The van der Waals surface area contributed by atoms with E-state index < -0.39 is 25.6 Å². The second-order valence-electron chi connectivity index (χ2n) is 2.44. The van der Waals surface area contributed by atoms with Crippen LogP contribution in [0.15, 0.2) is 0 Å². The summed E-state index contributed by atoms with van der Waals surface area (Å²) in [7, 11) is 0. The Morgan fingerprint density at radius 3 is 2.42 bits per heavy atom. The van der Waals surface area contributed by atoms with Gasteiger partial charge < -0.3 is 9.47 Å². The van der Waals surface area contributed by atoms with Gasteiger partial charge in [0, 0.05) is 0 Å². The molecule has 0 heterocycles. The number of halogens is 2. The van der Waals surface area contributed by atoms with Crippen LogP contribution in [0.2, 0.25) is 0 Å². The van der Waals surface area contributed by atoms with Crippen molar-refractivity contribution in [1.29, 1.82) is 0 Å². The van der Waals surface area contributed by atoms with E-state index in [1.165, 1.54) is 0 Å². The Kier molecular flexibility index (Phi) is 5.53. The fourth-order valence-electron chi connectivity index (χ4n) is 0.528. The summed E-state index contributed by atoms with van der Waals surface area (Å²) < 4.78 is 31.9. The van der Waals surface area contributed by atoms with Gasteiger partial charge in [-0.2, -0.15) is 0 Å². The molecule has 0 aliphatic heterocycles.